The molecule has 236 valence electrons. The van der Waals surface area contributed by atoms with Crippen molar-refractivity contribution in [2.75, 3.05) is 19.0 Å². The normalized spacial score (nSPS) is 11.0. The lowest BCUT2D eigenvalue weighted by molar-refractivity contribution is 0.0499. The van der Waals surface area contributed by atoms with Crippen LogP contribution in [0.15, 0.2) is 91.0 Å². The number of nitriles is 2. The van der Waals surface area contributed by atoms with E-state index in [9.17, 15) is 15.3 Å². The molecule has 5 aromatic carbocycles. The molecule has 0 unspecified atom stereocenters. The second-order valence-corrected chi connectivity index (χ2v) is 12.3. The van der Waals surface area contributed by atoms with Gasteiger partial charge in [-0.2, -0.15) is 10.5 Å². The Morgan fingerprint density at radius 2 is 1.55 bits per heavy atom. The maximum Gasteiger partial charge on any atom is 0.338 e. The molecule has 0 heterocycles. The fraction of sp³-hybridized carbons (Fsp3) is 0.225. The molecule has 0 aliphatic carbocycles. The molecule has 0 aromatic heterocycles. The van der Waals surface area contributed by atoms with Gasteiger partial charge >= 0.3 is 5.97 Å². The molecule has 0 saturated heterocycles. The third kappa shape index (κ3) is 7.38. The third-order valence-electron chi connectivity index (χ3n) is 7.87. The van der Waals surface area contributed by atoms with Crippen LogP contribution in [0, 0.1) is 22.7 Å². The zero-order chi connectivity index (χ0) is 33.6. The van der Waals surface area contributed by atoms with E-state index in [4.69, 9.17) is 14.2 Å². The van der Waals surface area contributed by atoms with Crippen molar-refractivity contribution in [1.29, 1.82) is 10.5 Å². The minimum atomic E-state index is -0.355. The predicted molar refractivity (Wildman–Crippen MR) is 185 cm³/mol. The summed E-state index contributed by atoms with van der Waals surface area (Å²) in [5.74, 6) is 1.49. The number of fused-ring (bicyclic) bond motifs is 1. The van der Waals surface area contributed by atoms with Crippen LogP contribution in [0.2, 0.25) is 0 Å². The summed E-state index contributed by atoms with van der Waals surface area (Å²) in [5, 5.41) is 25.7. The number of carbonyl (C=O) groups excluding carboxylic acids is 1. The number of anilines is 2. The standard InChI is InChI=1S/C40H37N3O4/c1-6-7-18-46-39(44)26-14-16-31(17-15-26)43-36-22-30(40(2,3)4)20-28-19-29(24-41)35(25-42)37(38(28)36)27-10-8-12-33(21-27)47-34-13-9-11-32(23-34)45-5/h8-17,19-23,43H,6-7,18H2,1-5H3. The molecule has 5 aromatic rings. The van der Waals surface area contributed by atoms with Crippen molar-refractivity contribution in [2.45, 2.75) is 46.0 Å². The van der Waals surface area contributed by atoms with Crippen molar-refractivity contribution in [2.24, 2.45) is 0 Å². The Bertz CT molecular complexity index is 2010. The van der Waals surface area contributed by atoms with Crippen LogP contribution in [0.1, 0.15) is 67.6 Å². The number of carbonyl (C=O) groups is 1. The van der Waals surface area contributed by atoms with E-state index in [-0.39, 0.29) is 22.5 Å². The number of benzene rings is 5. The first-order chi connectivity index (χ1) is 22.6. The van der Waals surface area contributed by atoms with E-state index in [1.165, 1.54) is 0 Å². The Morgan fingerprint density at radius 1 is 0.851 bits per heavy atom. The van der Waals surface area contributed by atoms with Gasteiger partial charge in [0.2, 0.25) is 0 Å². The lowest BCUT2D eigenvalue weighted by Crippen LogP contribution is -2.12. The van der Waals surface area contributed by atoms with E-state index in [1.54, 1.807) is 31.4 Å². The SMILES string of the molecule is CCCCOC(=O)c1ccc(Nc2cc(C(C)(C)C)cc3cc(C#N)c(C#N)c(-c4cccc(Oc5cccc(OC)c5)c4)c23)cc1. The van der Waals surface area contributed by atoms with Gasteiger partial charge in [-0.15, -0.1) is 0 Å². The van der Waals surface area contributed by atoms with Crippen LogP contribution in [-0.4, -0.2) is 19.7 Å². The largest absolute Gasteiger partial charge is 0.497 e. The van der Waals surface area contributed by atoms with Gasteiger partial charge in [-0.25, -0.2) is 4.79 Å². The van der Waals surface area contributed by atoms with Crippen LogP contribution in [-0.2, 0) is 10.2 Å². The highest BCUT2D eigenvalue weighted by Gasteiger charge is 2.23. The van der Waals surface area contributed by atoms with Crippen molar-refractivity contribution in [3.63, 3.8) is 0 Å². The Morgan fingerprint density at radius 3 is 2.21 bits per heavy atom. The van der Waals surface area contributed by atoms with Crippen LogP contribution < -0.4 is 14.8 Å². The summed E-state index contributed by atoms with van der Waals surface area (Å²) < 4.78 is 16.9. The highest BCUT2D eigenvalue weighted by atomic mass is 16.5. The van der Waals surface area contributed by atoms with Crippen LogP contribution in [0.5, 0.6) is 17.2 Å². The Hall–Kier alpha value is -5.79. The maximum absolute atomic E-state index is 12.5. The molecule has 47 heavy (non-hydrogen) atoms. The first kappa shape index (κ1) is 32.6. The minimum Gasteiger partial charge on any atom is -0.497 e. The molecular weight excluding hydrogens is 586 g/mol. The first-order valence-corrected chi connectivity index (χ1v) is 15.6. The van der Waals surface area contributed by atoms with E-state index in [1.807, 2.05) is 61.5 Å². The lowest BCUT2D eigenvalue weighted by Gasteiger charge is -2.24. The highest BCUT2D eigenvalue weighted by Crippen LogP contribution is 2.43. The fourth-order valence-corrected chi connectivity index (χ4v) is 5.32. The number of hydrogen-bond acceptors (Lipinski definition) is 7. The molecule has 0 saturated carbocycles. The van der Waals surface area contributed by atoms with Crippen LogP contribution in [0.3, 0.4) is 0 Å². The molecule has 0 aliphatic rings. The van der Waals surface area contributed by atoms with Crippen molar-refractivity contribution in [3.05, 3.63) is 113 Å². The molecular formula is C40H37N3O4. The van der Waals surface area contributed by atoms with E-state index in [0.29, 0.717) is 35.0 Å². The van der Waals surface area contributed by atoms with Gasteiger partial charge < -0.3 is 19.5 Å². The molecule has 0 atom stereocenters. The summed E-state index contributed by atoms with van der Waals surface area (Å²) >= 11 is 0. The van der Waals surface area contributed by atoms with E-state index >= 15 is 0 Å². The number of unbranched alkanes of at least 4 members (excludes halogenated alkanes) is 1. The summed E-state index contributed by atoms with van der Waals surface area (Å²) in [6.07, 6.45) is 1.77. The molecule has 0 aliphatic heterocycles. The van der Waals surface area contributed by atoms with Gasteiger partial charge in [0.25, 0.3) is 0 Å². The molecule has 0 fully saturated rings. The molecule has 0 amide bonds. The zero-order valence-corrected chi connectivity index (χ0v) is 27.3. The van der Waals surface area contributed by atoms with Crippen molar-refractivity contribution < 1.29 is 19.0 Å². The molecule has 7 nitrogen and oxygen atoms in total. The predicted octanol–water partition coefficient (Wildman–Crippen LogP) is 10.0. The Labute approximate surface area is 276 Å². The molecule has 1 N–H and O–H groups in total. The highest BCUT2D eigenvalue weighted by molar-refractivity contribution is 6.09. The van der Waals surface area contributed by atoms with Gasteiger partial charge in [0.05, 0.1) is 30.4 Å². The van der Waals surface area contributed by atoms with Gasteiger partial charge in [0, 0.05) is 28.4 Å². The number of rotatable bonds is 10. The Kier molecular flexibility index (Phi) is 9.78. The summed E-state index contributed by atoms with van der Waals surface area (Å²) in [4.78, 5) is 12.5. The van der Waals surface area contributed by atoms with Gasteiger partial charge in [-0.1, -0.05) is 58.4 Å². The van der Waals surface area contributed by atoms with Crippen LogP contribution in [0.25, 0.3) is 21.9 Å². The second-order valence-electron chi connectivity index (χ2n) is 12.3. The average Bonchev–Trinajstić information content (AvgIpc) is 3.07. The smallest absolute Gasteiger partial charge is 0.338 e. The topological polar surface area (TPSA) is 104 Å². The molecule has 5 rings (SSSR count). The first-order valence-electron chi connectivity index (χ1n) is 15.6. The van der Waals surface area contributed by atoms with Gasteiger partial charge in [0.15, 0.2) is 0 Å². The van der Waals surface area contributed by atoms with Gasteiger partial charge in [-0.05, 0) is 89.0 Å². The van der Waals surface area contributed by atoms with Gasteiger partial charge in [0.1, 0.15) is 29.4 Å². The number of nitrogens with one attached hydrogen (secondary N) is 1. The maximum atomic E-state index is 12.5. The number of ether oxygens (including phenoxy) is 3. The lowest BCUT2D eigenvalue weighted by atomic mass is 9.82. The summed E-state index contributed by atoms with van der Waals surface area (Å²) in [6.45, 7) is 8.83. The minimum absolute atomic E-state index is 0.206. The van der Waals surface area contributed by atoms with Crippen molar-refractivity contribution in [1.82, 2.24) is 0 Å². The number of nitrogens with zero attached hydrogens (tertiary/aromatic N) is 2. The molecule has 0 bridgehead atoms. The third-order valence-corrected chi connectivity index (χ3v) is 7.87. The average molecular weight is 624 g/mol. The number of methoxy groups -OCH3 is 1. The zero-order valence-electron chi connectivity index (χ0n) is 27.3. The van der Waals surface area contributed by atoms with Crippen molar-refractivity contribution in [3.8, 4) is 40.5 Å². The van der Waals surface area contributed by atoms with Gasteiger partial charge in [-0.3, -0.25) is 0 Å². The summed E-state index contributed by atoms with van der Waals surface area (Å²) in [7, 11) is 1.60. The quantitative estimate of drug-likeness (QED) is 0.122. The molecule has 0 radical (unpaired) electrons. The summed E-state index contributed by atoms with van der Waals surface area (Å²) in [6, 6.07) is 32.5. The Balaban J connectivity index is 1.66. The molecule has 0 spiro atoms. The molecule has 7 heteroatoms. The number of hydrogen-bond donors (Lipinski definition) is 1. The summed E-state index contributed by atoms with van der Waals surface area (Å²) in [5.41, 5.74) is 4.75. The van der Waals surface area contributed by atoms with E-state index < -0.39 is 0 Å². The van der Waals surface area contributed by atoms with E-state index in [0.717, 1.165) is 46.1 Å². The van der Waals surface area contributed by atoms with Crippen LogP contribution >= 0.6 is 0 Å². The van der Waals surface area contributed by atoms with E-state index in [2.05, 4.69) is 50.4 Å². The second kappa shape index (κ2) is 14.1. The fourth-order valence-electron chi connectivity index (χ4n) is 5.32. The monoisotopic (exact) mass is 623 g/mol. The van der Waals surface area contributed by atoms with Crippen LogP contribution in [0.4, 0.5) is 11.4 Å². The number of esters is 1. The van der Waals surface area contributed by atoms with Crippen molar-refractivity contribution >= 4 is 28.1 Å².